The SMILES string of the molecule is CC(CO)C[N+](CC(C)CO)(CC(C)CO)CC(C)CO. The second-order valence-corrected chi connectivity index (χ2v) is 7.22. The van der Waals surface area contributed by atoms with Gasteiger partial charge in [-0.25, -0.2) is 0 Å². The molecule has 0 heterocycles. The molecule has 0 amide bonds. The van der Waals surface area contributed by atoms with E-state index in [1.165, 1.54) is 0 Å². The van der Waals surface area contributed by atoms with E-state index in [4.69, 9.17) is 0 Å². The van der Waals surface area contributed by atoms with Crippen LogP contribution in [0.2, 0.25) is 0 Å². The molecule has 0 fully saturated rings. The minimum atomic E-state index is 0.133. The van der Waals surface area contributed by atoms with Crippen LogP contribution in [-0.4, -0.2) is 77.5 Å². The third-order valence-electron chi connectivity index (χ3n) is 4.04. The molecule has 0 aliphatic rings. The molecule has 21 heavy (non-hydrogen) atoms. The van der Waals surface area contributed by atoms with Gasteiger partial charge in [-0.2, -0.15) is 0 Å². The van der Waals surface area contributed by atoms with Gasteiger partial charge in [-0.1, -0.05) is 27.7 Å². The van der Waals surface area contributed by atoms with Crippen molar-refractivity contribution in [3.8, 4) is 0 Å². The molecular formula is C16H36NO4+. The molecule has 5 heteroatoms. The predicted molar refractivity (Wildman–Crippen MR) is 84.7 cm³/mol. The van der Waals surface area contributed by atoms with Crippen molar-refractivity contribution in [3.05, 3.63) is 0 Å². The second kappa shape index (κ2) is 10.5. The molecule has 0 rings (SSSR count). The number of nitrogens with zero attached hydrogens (tertiary/aromatic N) is 1. The third kappa shape index (κ3) is 8.12. The van der Waals surface area contributed by atoms with Crippen LogP contribution >= 0.6 is 0 Å². The summed E-state index contributed by atoms with van der Waals surface area (Å²) in [5.41, 5.74) is 0. The summed E-state index contributed by atoms with van der Waals surface area (Å²) in [6.07, 6.45) is 0. The standard InChI is InChI=1S/C16H36NO4/c1-13(9-18)5-17(6-14(2)10-19,7-15(3)11-20)8-16(4)12-21/h13-16,18-21H,5-12H2,1-4H3/q+1. The van der Waals surface area contributed by atoms with Crippen LogP contribution in [0.5, 0.6) is 0 Å². The second-order valence-electron chi connectivity index (χ2n) is 7.22. The van der Waals surface area contributed by atoms with E-state index in [1.807, 2.05) is 27.7 Å². The van der Waals surface area contributed by atoms with Crippen LogP contribution in [0.15, 0.2) is 0 Å². The summed E-state index contributed by atoms with van der Waals surface area (Å²) >= 11 is 0. The maximum atomic E-state index is 9.41. The van der Waals surface area contributed by atoms with E-state index in [0.29, 0.717) is 0 Å². The van der Waals surface area contributed by atoms with Crippen molar-refractivity contribution in [1.29, 1.82) is 0 Å². The Labute approximate surface area is 129 Å². The summed E-state index contributed by atoms with van der Waals surface area (Å²) in [7, 11) is 0. The van der Waals surface area contributed by atoms with Crippen molar-refractivity contribution in [2.24, 2.45) is 23.7 Å². The van der Waals surface area contributed by atoms with Gasteiger partial charge in [0.05, 0.1) is 52.6 Å². The monoisotopic (exact) mass is 306 g/mol. The van der Waals surface area contributed by atoms with E-state index in [2.05, 4.69) is 0 Å². The van der Waals surface area contributed by atoms with Crippen LogP contribution in [0, 0.1) is 23.7 Å². The molecule has 4 N–H and O–H groups in total. The van der Waals surface area contributed by atoms with Gasteiger partial charge in [0.15, 0.2) is 0 Å². The largest absolute Gasteiger partial charge is 0.396 e. The van der Waals surface area contributed by atoms with E-state index < -0.39 is 0 Å². The maximum absolute atomic E-state index is 9.41. The number of aliphatic hydroxyl groups is 4. The van der Waals surface area contributed by atoms with Crippen molar-refractivity contribution in [2.45, 2.75) is 27.7 Å². The summed E-state index contributed by atoms with van der Waals surface area (Å²) in [4.78, 5) is 0. The predicted octanol–water partition coefficient (Wildman–Crippen LogP) is 0.317. The molecule has 128 valence electrons. The Morgan fingerprint density at radius 1 is 0.524 bits per heavy atom. The lowest BCUT2D eigenvalue weighted by Gasteiger charge is -2.44. The molecule has 0 aromatic heterocycles. The number of aliphatic hydroxyl groups excluding tert-OH is 4. The summed E-state index contributed by atoms with van der Waals surface area (Å²) < 4.78 is 0.729. The average Bonchev–Trinajstić information content (AvgIpc) is 2.46. The van der Waals surface area contributed by atoms with Gasteiger partial charge >= 0.3 is 0 Å². The minimum Gasteiger partial charge on any atom is -0.396 e. The Morgan fingerprint density at radius 2 is 0.714 bits per heavy atom. The van der Waals surface area contributed by atoms with Gasteiger partial charge in [0.1, 0.15) is 0 Å². The van der Waals surface area contributed by atoms with Crippen LogP contribution in [0.1, 0.15) is 27.7 Å². The van der Waals surface area contributed by atoms with Crippen LogP contribution in [-0.2, 0) is 0 Å². The van der Waals surface area contributed by atoms with Crippen molar-refractivity contribution in [3.63, 3.8) is 0 Å². The highest BCUT2D eigenvalue weighted by molar-refractivity contribution is 4.62. The first kappa shape index (κ1) is 20.8. The lowest BCUT2D eigenvalue weighted by molar-refractivity contribution is -0.939. The molecule has 0 radical (unpaired) electrons. The van der Waals surface area contributed by atoms with Crippen LogP contribution in [0.25, 0.3) is 0 Å². The maximum Gasteiger partial charge on any atom is 0.0835 e. The molecule has 0 saturated carbocycles. The van der Waals surface area contributed by atoms with E-state index in [-0.39, 0.29) is 50.1 Å². The summed E-state index contributed by atoms with van der Waals surface area (Å²) in [6.45, 7) is 11.8. The molecule has 0 aliphatic heterocycles. The quantitative estimate of drug-likeness (QED) is 0.391. The van der Waals surface area contributed by atoms with E-state index in [9.17, 15) is 20.4 Å². The Bertz CT molecular complexity index is 209. The fourth-order valence-electron chi connectivity index (χ4n) is 3.32. The fraction of sp³-hybridized carbons (Fsp3) is 1.00. The first-order chi connectivity index (χ1) is 9.82. The Balaban J connectivity index is 5.23. The normalized spacial score (nSPS) is 20.6. The van der Waals surface area contributed by atoms with Crippen molar-refractivity contribution in [2.75, 3.05) is 52.6 Å². The zero-order chi connectivity index (χ0) is 16.5. The molecule has 0 spiro atoms. The summed E-state index contributed by atoms with van der Waals surface area (Å²) in [6, 6.07) is 0. The highest BCUT2D eigenvalue weighted by Gasteiger charge is 2.34. The van der Waals surface area contributed by atoms with Gasteiger partial charge in [0, 0.05) is 23.7 Å². The molecule has 4 atom stereocenters. The number of hydrogen-bond donors (Lipinski definition) is 4. The van der Waals surface area contributed by atoms with Gasteiger partial charge in [0.25, 0.3) is 0 Å². The van der Waals surface area contributed by atoms with Crippen LogP contribution < -0.4 is 0 Å². The van der Waals surface area contributed by atoms with Gasteiger partial charge < -0.3 is 24.9 Å². The Morgan fingerprint density at radius 3 is 0.857 bits per heavy atom. The molecule has 0 aromatic rings. The van der Waals surface area contributed by atoms with E-state index in [0.717, 1.165) is 30.7 Å². The summed E-state index contributed by atoms with van der Waals surface area (Å²) in [5.74, 6) is 0.640. The highest BCUT2D eigenvalue weighted by Crippen LogP contribution is 2.21. The lowest BCUT2D eigenvalue weighted by Crippen LogP contribution is -2.58. The molecule has 0 aromatic carbocycles. The zero-order valence-corrected chi connectivity index (χ0v) is 14.2. The van der Waals surface area contributed by atoms with Gasteiger partial charge in [-0.3, -0.25) is 0 Å². The molecular weight excluding hydrogens is 270 g/mol. The minimum absolute atomic E-state index is 0.133. The van der Waals surface area contributed by atoms with E-state index in [1.54, 1.807) is 0 Å². The molecule has 4 unspecified atom stereocenters. The number of quaternary nitrogens is 1. The van der Waals surface area contributed by atoms with Gasteiger partial charge in [-0.15, -0.1) is 0 Å². The first-order valence-electron chi connectivity index (χ1n) is 8.11. The average molecular weight is 306 g/mol. The van der Waals surface area contributed by atoms with Gasteiger partial charge in [0.2, 0.25) is 0 Å². The summed E-state index contributed by atoms with van der Waals surface area (Å²) in [5, 5.41) is 37.7. The molecule has 0 aliphatic carbocycles. The van der Waals surface area contributed by atoms with E-state index >= 15 is 0 Å². The smallest absolute Gasteiger partial charge is 0.0835 e. The Kier molecular flexibility index (Phi) is 10.4. The van der Waals surface area contributed by atoms with Crippen molar-refractivity contribution in [1.82, 2.24) is 0 Å². The molecule has 5 nitrogen and oxygen atoms in total. The first-order valence-corrected chi connectivity index (χ1v) is 8.11. The Hall–Kier alpha value is -0.200. The van der Waals surface area contributed by atoms with Crippen LogP contribution in [0.4, 0.5) is 0 Å². The fourth-order valence-corrected chi connectivity index (χ4v) is 3.32. The number of hydrogen-bond acceptors (Lipinski definition) is 4. The lowest BCUT2D eigenvalue weighted by atomic mass is 10.00. The molecule has 0 bridgehead atoms. The van der Waals surface area contributed by atoms with Gasteiger partial charge in [-0.05, 0) is 0 Å². The topological polar surface area (TPSA) is 80.9 Å². The van der Waals surface area contributed by atoms with Crippen molar-refractivity contribution >= 4 is 0 Å². The van der Waals surface area contributed by atoms with Crippen molar-refractivity contribution < 1.29 is 24.9 Å². The number of rotatable bonds is 12. The third-order valence-corrected chi connectivity index (χ3v) is 4.04. The zero-order valence-electron chi connectivity index (χ0n) is 14.2. The van der Waals surface area contributed by atoms with Crippen LogP contribution in [0.3, 0.4) is 0 Å². The molecule has 0 saturated heterocycles. The highest BCUT2D eigenvalue weighted by atomic mass is 16.3.